The van der Waals surface area contributed by atoms with Crippen molar-refractivity contribution in [1.29, 1.82) is 0 Å². The van der Waals surface area contributed by atoms with Crippen LogP contribution < -0.4 is 16.2 Å². The van der Waals surface area contributed by atoms with E-state index in [1.54, 1.807) is 24.3 Å². The van der Waals surface area contributed by atoms with Crippen LogP contribution in [-0.4, -0.2) is 26.8 Å². The van der Waals surface area contributed by atoms with E-state index in [4.69, 9.17) is 11.6 Å². The van der Waals surface area contributed by atoms with Crippen molar-refractivity contribution >= 4 is 40.5 Å². The third-order valence-electron chi connectivity index (χ3n) is 7.36. The Morgan fingerprint density at radius 3 is 2.34 bits per heavy atom. The van der Waals surface area contributed by atoms with Crippen molar-refractivity contribution in [2.75, 3.05) is 10.6 Å². The van der Waals surface area contributed by atoms with Crippen molar-refractivity contribution in [3.8, 4) is 0 Å². The highest BCUT2D eigenvalue weighted by Gasteiger charge is 2.61. The molecule has 32 heavy (non-hydrogen) atoms. The minimum Gasteiger partial charge on any atom is -0.481 e. The Morgan fingerprint density at radius 1 is 1.12 bits per heavy atom. The van der Waals surface area contributed by atoms with Crippen molar-refractivity contribution in [3.63, 3.8) is 0 Å². The highest BCUT2D eigenvalue weighted by Crippen LogP contribution is 2.61. The van der Waals surface area contributed by atoms with Gasteiger partial charge in [-0.25, -0.2) is 4.68 Å². The molecular formula is C23H25ClN4O4. The van der Waals surface area contributed by atoms with Crippen LogP contribution in [0, 0.1) is 23.7 Å². The van der Waals surface area contributed by atoms with Crippen LogP contribution >= 0.6 is 11.6 Å². The molecule has 2 aromatic rings. The lowest BCUT2D eigenvalue weighted by Crippen LogP contribution is -2.63. The van der Waals surface area contributed by atoms with Gasteiger partial charge in [0, 0.05) is 18.3 Å². The van der Waals surface area contributed by atoms with Gasteiger partial charge in [0.15, 0.2) is 0 Å². The quantitative estimate of drug-likeness (QED) is 0.630. The molecule has 3 atom stereocenters. The van der Waals surface area contributed by atoms with Crippen molar-refractivity contribution in [2.45, 2.75) is 44.6 Å². The number of rotatable bonds is 5. The highest BCUT2D eigenvalue weighted by molar-refractivity contribution is 6.33. The van der Waals surface area contributed by atoms with Gasteiger partial charge >= 0.3 is 5.97 Å². The topological polar surface area (TPSA) is 113 Å². The van der Waals surface area contributed by atoms with Crippen molar-refractivity contribution < 1.29 is 14.7 Å². The van der Waals surface area contributed by atoms with Crippen LogP contribution in [0.1, 0.15) is 39.0 Å². The first kappa shape index (κ1) is 21.0. The van der Waals surface area contributed by atoms with Gasteiger partial charge in [-0.3, -0.25) is 14.4 Å². The number of anilines is 3. The zero-order valence-electron chi connectivity index (χ0n) is 17.7. The zero-order valence-corrected chi connectivity index (χ0v) is 18.4. The fourth-order valence-electron chi connectivity index (χ4n) is 6.57. The lowest BCUT2D eigenvalue weighted by molar-refractivity contribution is -0.168. The van der Waals surface area contributed by atoms with E-state index in [-0.39, 0.29) is 16.8 Å². The lowest BCUT2D eigenvalue weighted by Gasteiger charge is -2.59. The average Bonchev–Trinajstić information content (AvgIpc) is 2.71. The Kier molecular flexibility index (Phi) is 5.00. The maximum atomic E-state index is 13.3. The lowest BCUT2D eigenvalue weighted by atomic mass is 9.48. The van der Waals surface area contributed by atoms with Crippen molar-refractivity contribution in [2.24, 2.45) is 23.7 Å². The van der Waals surface area contributed by atoms with Gasteiger partial charge in [-0.15, -0.1) is 0 Å². The molecule has 4 saturated carbocycles. The van der Waals surface area contributed by atoms with E-state index in [1.165, 1.54) is 17.8 Å². The number of halogens is 1. The molecule has 1 aromatic carbocycles. The molecule has 1 heterocycles. The molecular weight excluding hydrogens is 432 g/mol. The molecule has 1 aromatic heterocycles. The van der Waals surface area contributed by atoms with E-state index in [0.29, 0.717) is 41.7 Å². The van der Waals surface area contributed by atoms with Gasteiger partial charge in [0.1, 0.15) is 5.02 Å². The molecule has 0 spiro atoms. The second-order valence-corrected chi connectivity index (χ2v) is 9.88. The summed E-state index contributed by atoms with van der Waals surface area (Å²) in [6.45, 7) is 1.44. The summed E-state index contributed by atoms with van der Waals surface area (Å²) in [5.74, 6) is -0.653. The zero-order chi connectivity index (χ0) is 22.6. The smallest absolute Gasteiger partial charge is 0.309 e. The molecule has 0 aliphatic heterocycles. The van der Waals surface area contributed by atoms with Crippen LogP contribution in [0.25, 0.3) is 0 Å². The first-order valence-corrected chi connectivity index (χ1v) is 11.3. The van der Waals surface area contributed by atoms with Gasteiger partial charge in [-0.1, -0.05) is 11.6 Å². The second kappa shape index (κ2) is 7.62. The summed E-state index contributed by atoms with van der Waals surface area (Å²) in [4.78, 5) is 36.7. The molecule has 4 fully saturated rings. The van der Waals surface area contributed by atoms with Crippen LogP contribution in [0.3, 0.4) is 0 Å². The van der Waals surface area contributed by atoms with Crippen molar-refractivity contribution in [3.05, 3.63) is 45.8 Å². The number of nitrogens with one attached hydrogen (secondary N) is 2. The minimum atomic E-state index is -0.847. The number of hydrogen-bond acceptors (Lipinski definition) is 5. The number of amides is 1. The van der Waals surface area contributed by atoms with E-state index in [0.717, 1.165) is 19.3 Å². The van der Waals surface area contributed by atoms with E-state index >= 15 is 0 Å². The molecule has 9 heteroatoms. The highest BCUT2D eigenvalue weighted by atomic mass is 35.5. The largest absolute Gasteiger partial charge is 0.481 e. The normalized spacial score (nSPS) is 30.2. The Hall–Kier alpha value is -2.87. The Balaban J connectivity index is 1.47. The number of aromatic nitrogens is 2. The Labute approximate surface area is 190 Å². The minimum absolute atomic E-state index is 0.00850. The second-order valence-electron chi connectivity index (χ2n) is 9.50. The number of carbonyl (C=O) groups is 2. The third kappa shape index (κ3) is 3.37. The van der Waals surface area contributed by atoms with Gasteiger partial charge < -0.3 is 15.7 Å². The van der Waals surface area contributed by atoms with E-state index in [2.05, 4.69) is 15.7 Å². The molecule has 0 unspecified atom stereocenters. The summed E-state index contributed by atoms with van der Waals surface area (Å²) in [6.07, 6.45) is 5.79. The van der Waals surface area contributed by atoms with Gasteiger partial charge in [-0.05, 0) is 74.1 Å². The van der Waals surface area contributed by atoms with E-state index in [9.17, 15) is 19.5 Å². The van der Waals surface area contributed by atoms with E-state index < -0.39 is 23.0 Å². The molecule has 0 saturated heterocycles. The van der Waals surface area contributed by atoms with Crippen LogP contribution in [-0.2, 0) is 15.1 Å². The van der Waals surface area contributed by atoms with Crippen LogP contribution in [0.2, 0.25) is 5.02 Å². The van der Waals surface area contributed by atoms with Gasteiger partial charge in [0.25, 0.3) is 5.56 Å². The molecule has 4 aliphatic carbocycles. The maximum Gasteiger partial charge on any atom is 0.309 e. The number of hydrogen-bond donors (Lipinski definition) is 3. The van der Waals surface area contributed by atoms with Crippen LogP contribution in [0.4, 0.5) is 17.1 Å². The summed E-state index contributed by atoms with van der Waals surface area (Å²) < 4.78 is 1.38. The maximum absolute atomic E-state index is 13.3. The first-order chi connectivity index (χ1) is 15.3. The number of carboxylic acids is 1. The van der Waals surface area contributed by atoms with Crippen LogP contribution in [0.15, 0.2) is 35.3 Å². The predicted molar refractivity (Wildman–Crippen MR) is 120 cm³/mol. The monoisotopic (exact) mass is 456 g/mol. The average molecular weight is 457 g/mol. The molecule has 1 amide bonds. The molecule has 4 bridgehead atoms. The van der Waals surface area contributed by atoms with Gasteiger partial charge in [-0.2, -0.15) is 5.10 Å². The third-order valence-corrected chi connectivity index (χ3v) is 7.73. The summed E-state index contributed by atoms with van der Waals surface area (Å²) in [7, 11) is 0. The van der Waals surface area contributed by atoms with Gasteiger partial charge in [0.2, 0.25) is 5.91 Å². The molecule has 3 N–H and O–H groups in total. The summed E-state index contributed by atoms with van der Waals surface area (Å²) in [5, 5.41) is 20.3. The molecule has 4 aliphatic rings. The number of carboxylic acid groups (broad SMARTS) is 1. The number of nitrogens with zero attached hydrogens (tertiary/aromatic N) is 2. The molecule has 6 rings (SSSR count). The fourth-order valence-corrected chi connectivity index (χ4v) is 6.74. The number of benzene rings is 1. The van der Waals surface area contributed by atoms with E-state index in [1.807, 2.05) is 0 Å². The molecule has 8 nitrogen and oxygen atoms in total. The van der Waals surface area contributed by atoms with Crippen LogP contribution in [0.5, 0.6) is 0 Å². The molecule has 0 radical (unpaired) electrons. The van der Waals surface area contributed by atoms with Crippen molar-refractivity contribution in [1.82, 2.24) is 9.78 Å². The molecule has 168 valence electrons. The number of aliphatic carboxylic acids is 1. The number of carbonyl (C=O) groups excluding carboxylic acids is 1. The fraction of sp³-hybridized carbons (Fsp3) is 0.478. The summed E-state index contributed by atoms with van der Waals surface area (Å²) in [5.41, 5.74) is 0.429. The summed E-state index contributed by atoms with van der Waals surface area (Å²) >= 11 is 6.48. The van der Waals surface area contributed by atoms with Gasteiger partial charge in [0.05, 0.1) is 23.3 Å². The predicted octanol–water partition coefficient (Wildman–Crippen LogP) is 3.83. The standard InChI is InChI=1S/C23H25ClN4O4/c1-12(29)26-16-2-4-17(5-3-16)27-18-11-25-28(21(30)20(18)24)23-9-13-6-14(10-23)8-15(7-13)19(23)22(31)32/h2-5,11,13-15,19,27H,6-10H2,1H3,(H,26,29)(H,31,32)/t13-,14-,15?,19-,23?/m1/s1. The first-order valence-electron chi connectivity index (χ1n) is 10.9. The SMILES string of the molecule is CC(=O)Nc1ccc(Nc2cnn(C34C[C@H]5CC(C[C@@H](C5)C3)[C@@H]4C(=O)O)c(=O)c2Cl)cc1. The Bertz CT molecular complexity index is 1130. The summed E-state index contributed by atoms with van der Waals surface area (Å²) in [6, 6.07) is 6.98. The Morgan fingerprint density at radius 2 is 1.75 bits per heavy atom.